The average molecular weight is 339 g/mol. The summed E-state index contributed by atoms with van der Waals surface area (Å²) in [6.45, 7) is 0. The molecule has 6 heteroatoms. The van der Waals surface area contributed by atoms with Gasteiger partial charge in [0.1, 0.15) is 5.75 Å². The van der Waals surface area contributed by atoms with E-state index in [1.54, 1.807) is 57.7 Å². The molecule has 0 aliphatic carbocycles. The second-order valence-corrected chi connectivity index (χ2v) is 5.15. The van der Waals surface area contributed by atoms with E-state index in [0.29, 0.717) is 28.4 Å². The molecule has 25 heavy (non-hydrogen) atoms. The third-order valence-corrected chi connectivity index (χ3v) is 3.68. The SMILES string of the molecule is COc1ccc(C2=N/C(=C\c3cccc(OC)c3OC)C(=O)O2)cc1. The van der Waals surface area contributed by atoms with Crippen LogP contribution in [0, 0.1) is 0 Å². The van der Waals surface area contributed by atoms with Crippen molar-refractivity contribution in [1.82, 2.24) is 0 Å². The Bertz CT molecular complexity index is 853. The lowest BCUT2D eigenvalue weighted by Gasteiger charge is -2.09. The Balaban J connectivity index is 1.96. The zero-order valence-electron chi connectivity index (χ0n) is 14.1. The number of nitrogens with zero attached hydrogens (tertiary/aromatic N) is 1. The fourth-order valence-corrected chi connectivity index (χ4v) is 2.44. The minimum Gasteiger partial charge on any atom is -0.497 e. The van der Waals surface area contributed by atoms with Crippen LogP contribution >= 0.6 is 0 Å². The second-order valence-electron chi connectivity index (χ2n) is 5.15. The topological polar surface area (TPSA) is 66.3 Å². The third kappa shape index (κ3) is 3.33. The van der Waals surface area contributed by atoms with Gasteiger partial charge in [-0.25, -0.2) is 9.79 Å². The summed E-state index contributed by atoms with van der Waals surface area (Å²) in [5.41, 5.74) is 1.56. The summed E-state index contributed by atoms with van der Waals surface area (Å²) in [5.74, 6) is 1.54. The smallest absolute Gasteiger partial charge is 0.363 e. The number of ether oxygens (including phenoxy) is 4. The first-order chi connectivity index (χ1) is 12.2. The number of aliphatic imine (C=N–C) groups is 1. The van der Waals surface area contributed by atoms with Gasteiger partial charge in [0.05, 0.1) is 21.3 Å². The van der Waals surface area contributed by atoms with Gasteiger partial charge in [-0.15, -0.1) is 0 Å². The number of benzene rings is 2. The highest BCUT2D eigenvalue weighted by Crippen LogP contribution is 2.33. The molecule has 0 radical (unpaired) electrons. The Hall–Kier alpha value is -3.28. The highest BCUT2D eigenvalue weighted by molar-refractivity contribution is 6.13. The largest absolute Gasteiger partial charge is 0.497 e. The van der Waals surface area contributed by atoms with Crippen molar-refractivity contribution in [1.29, 1.82) is 0 Å². The summed E-state index contributed by atoms with van der Waals surface area (Å²) >= 11 is 0. The van der Waals surface area contributed by atoms with Crippen LogP contribution < -0.4 is 14.2 Å². The van der Waals surface area contributed by atoms with E-state index in [2.05, 4.69) is 4.99 Å². The molecule has 0 N–H and O–H groups in total. The van der Waals surface area contributed by atoms with Crippen molar-refractivity contribution in [2.24, 2.45) is 4.99 Å². The van der Waals surface area contributed by atoms with Crippen molar-refractivity contribution in [2.75, 3.05) is 21.3 Å². The summed E-state index contributed by atoms with van der Waals surface area (Å²) in [4.78, 5) is 16.4. The summed E-state index contributed by atoms with van der Waals surface area (Å²) in [6.07, 6.45) is 1.61. The maximum Gasteiger partial charge on any atom is 0.363 e. The predicted octanol–water partition coefficient (Wildman–Crippen LogP) is 3.06. The molecule has 0 fully saturated rings. The van der Waals surface area contributed by atoms with Crippen LogP contribution in [0.1, 0.15) is 11.1 Å². The van der Waals surface area contributed by atoms with Crippen molar-refractivity contribution < 1.29 is 23.7 Å². The van der Waals surface area contributed by atoms with Gasteiger partial charge in [0.25, 0.3) is 0 Å². The Kier molecular flexibility index (Phi) is 4.70. The highest BCUT2D eigenvalue weighted by atomic mass is 16.6. The summed E-state index contributed by atoms with van der Waals surface area (Å²) in [7, 11) is 4.68. The normalized spacial score (nSPS) is 14.9. The molecule has 3 rings (SSSR count). The van der Waals surface area contributed by atoms with Crippen molar-refractivity contribution >= 4 is 17.9 Å². The first-order valence-corrected chi connectivity index (χ1v) is 7.54. The predicted molar refractivity (Wildman–Crippen MR) is 93.1 cm³/mol. The van der Waals surface area contributed by atoms with Gasteiger partial charge in [0.15, 0.2) is 17.2 Å². The number of rotatable bonds is 5. The molecule has 0 unspecified atom stereocenters. The minimum atomic E-state index is -0.518. The quantitative estimate of drug-likeness (QED) is 0.619. The molecule has 0 atom stereocenters. The Morgan fingerprint density at radius 3 is 2.36 bits per heavy atom. The zero-order chi connectivity index (χ0) is 17.8. The molecule has 0 spiro atoms. The van der Waals surface area contributed by atoms with Gasteiger partial charge >= 0.3 is 5.97 Å². The lowest BCUT2D eigenvalue weighted by atomic mass is 10.1. The highest BCUT2D eigenvalue weighted by Gasteiger charge is 2.25. The van der Waals surface area contributed by atoms with E-state index in [-0.39, 0.29) is 11.6 Å². The molecule has 0 bridgehead atoms. The molecular formula is C19H17NO5. The van der Waals surface area contributed by atoms with Gasteiger partial charge in [0, 0.05) is 11.1 Å². The van der Waals surface area contributed by atoms with E-state index in [1.807, 2.05) is 12.1 Å². The molecule has 0 saturated heterocycles. The fourth-order valence-electron chi connectivity index (χ4n) is 2.44. The molecule has 1 aliphatic heterocycles. The number of hydrogen-bond donors (Lipinski definition) is 0. The lowest BCUT2D eigenvalue weighted by Crippen LogP contribution is -2.05. The van der Waals surface area contributed by atoms with E-state index in [4.69, 9.17) is 18.9 Å². The molecular weight excluding hydrogens is 322 g/mol. The van der Waals surface area contributed by atoms with Crippen LogP contribution in [-0.4, -0.2) is 33.2 Å². The molecule has 0 saturated carbocycles. The second kappa shape index (κ2) is 7.09. The number of esters is 1. The monoisotopic (exact) mass is 339 g/mol. The van der Waals surface area contributed by atoms with Gasteiger partial charge in [-0.05, 0) is 36.4 Å². The standard InChI is InChI=1S/C19H17NO5/c1-22-14-9-7-12(8-10-14)18-20-15(19(21)25-18)11-13-5-4-6-16(23-2)17(13)24-3/h4-11H,1-3H3/b15-11-. The molecule has 6 nitrogen and oxygen atoms in total. The zero-order valence-corrected chi connectivity index (χ0v) is 14.1. The number of para-hydroxylation sites is 1. The lowest BCUT2D eigenvalue weighted by molar-refractivity contribution is -0.129. The molecule has 0 amide bonds. The maximum atomic E-state index is 12.1. The van der Waals surface area contributed by atoms with E-state index in [1.165, 1.54) is 0 Å². The molecule has 128 valence electrons. The molecule has 1 aliphatic rings. The van der Waals surface area contributed by atoms with Crippen LogP contribution in [0.3, 0.4) is 0 Å². The Labute approximate surface area is 145 Å². The first-order valence-electron chi connectivity index (χ1n) is 7.54. The van der Waals surface area contributed by atoms with Gasteiger partial charge in [-0.3, -0.25) is 0 Å². The number of hydrogen-bond acceptors (Lipinski definition) is 6. The molecule has 1 heterocycles. The Morgan fingerprint density at radius 1 is 0.960 bits per heavy atom. The first kappa shape index (κ1) is 16.6. The van der Waals surface area contributed by atoms with Crippen molar-refractivity contribution in [3.8, 4) is 17.2 Å². The number of cyclic esters (lactones) is 1. The van der Waals surface area contributed by atoms with Crippen LogP contribution in [0.5, 0.6) is 17.2 Å². The third-order valence-electron chi connectivity index (χ3n) is 3.68. The van der Waals surface area contributed by atoms with Crippen LogP contribution in [-0.2, 0) is 9.53 Å². The Morgan fingerprint density at radius 2 is 1.72 bits per heavy atom. The fraction of sp³-hybridized carbons (Fsp3) is 0.158. The van der Waals surface area contributed by atoms with Gasteiger partial charge in [-0.2, -0.15) is 0 Å². The van der Waals surface area contributed by atoms with Crippen LogP contribution in [0.4, 0.5) is 0 Å². The van der Waals surface area contributed by atoms with Gasteiger partial charge in [-0.1, -0.05) is 12.1 Å². The number of carbonyl (C=O) groups excluding carboxylic acids is 1. The minimum absolute atomic E-state index is 0.192. The van der Waals surface area contributed by atoms with E-state index in [9.17, 15) is 4.79 Å². The summed E-state index contributed by atoms with van der Waals surface area (Å²) in [6, 6.07) is 12.5. The summed E-state index contributed by atoms with van der Waals surface area (Å²) < 4.78 is 21.0. The van der Waals surface area contributed by atoms with E-state index in [0.717, 1.165) is 0 Å². The number of methoxy groups -OCH3 is 3. The number of carbonyl (C=O) groups is 1. The van der Waals surface area contributed by atoms with Crippen LogP contribution in [0.2, 0.25) is 0 Å². The van der Waals surface area contributed by atoms with Crippen LogP contribution in [0.25, 0.3) is 6.08 Å². The maximum absolute atomic E-state index is 12.1. The van der Waals surface area contributed by atoms with Crippen molar-refractivity contribution in [2.45, 2.75) is 0 Å². The average Bonchev–Trinajstić information content (AvgIpc) is 3.02. The summed E-state index contributed by atoms with van der Waals surface area (Å²) in [5, 5.41) is 0. The van der Waals surface area contributed by atoms with E-state index >= 15 is 0 Å². The van der Waals surface area contributed by atoms with Gasteiger partial charge < -0.3 is 18.9 Å². The van der Waals surface area contributed by atoms with Crippen molar-refractivity contribution in [3.05, 3.63) is 59.3 Å². The molecule has 2 aromatic rings. The van der Waals surface area contributed by atoms with E-state index < -0.39 is 5.97 Å². The van der Waals surface area contributed by atoms with Crippen molar-refractivity contribution in [3.63, 3.8) is 0 Å². The molecule has 2 aromatic carbocycles. The van der Waals surface area contributed by atoms with Crippen LogP contribution in [0.15, 0.2) is 53.2 Å². The van der Waals surface area contributed by atoms with Gasteiger partial charge in [0.2, 0.25) is 5.90 Å². The molecule has 0 aromatic heterocycles.